The summed E-state index contributed by atoms with van der Waals surface area (Å²) in [6, 6.07) is 21.5. The van der Waals surface area contributed by atoms with Crippen molar-refractivity contribution in [2.45, 2.75) is 43.6 Å². The molecule has 0 radical (unpaired) electrons. The van der Waals surface area contributed by atoms with Gasteiger partial charge in [0.1, 0.15) is 0 Å². The molecular formula is C22H26N2O. The fraction of sp³-hybridized carbons (Fsp3) is 0.409. The zero-order chi connectivity index (χ0) is 17.3. The van der Waals surface area contributed by atoms with Crippen molar-refractivity contribution in [1.82, 2.24) is 10.2 Å². The normalized spacial score (nSPS) is 28.4. The molecule has 0 aromatic heterocycles. The lowest BCUT2D eigenvalue weighted by Crippen LogP contribution is -2.51. The van der Waals surface area contributed by atoms with Crippen molar-refractivity contribution < 1.29 is 4.79 Å². The number of rotatable bonds is 3. The molecule has 0 bridgehead atoms. The van der Waals surface area contributed by atoms with Crippen molar-refractivity contribution in [1.29, 1.82) is 0 Å². The summed E-state index contributed by atoms with van der Waals surface area (Å²) in [6.07, 6.45) is 3.25. The SMILES string of the molecule is CC1(c2ccccc2)CCCN(C(=O)NC2CC2c2ccccc2)C1. The maximum Gasteiger partial charge on any atom is 0.317 e. The third-order valence-electron chi connectivity index (χ3n) is 5.78. The zero-order valence-corrected chi connectivity index (χ0v) is 14.8. The van der Waals surface area contributed by atoms with Gasteiger partial charge in [-0.05, 0) is 30.4 Å². The number of benzene rings is 2. The second-order valence-electron chi connectivity index (χ2n) is 7.76. The van der Waals surface area contributed by atoms with E-state index in [-0.39, 0.29) is 11.4 Å². The zero-order valence-electron chi connectivity index (χ0n) is 14.8. The number of hydrogen-bond acceptors (Lipinski definition) is 1. The summed E-state index contributed by atoms with van der Waals surface area (Å²) < 4.78 is 0. The van der Waals surface area contributed by atoms with Crippen LogP contribution in [-0.2, 0) is 5.41 Å². The van der Waals surface area contributed by atoms with E-state index in [4.69, 9.17) is 0 Å². The van der Waals surface area contributed by atoms with E-state index in [0.717, 1.165) is 32.4 Å². The maximum atomic E-state index is 12.8. The Morgan fingerprint density at radius 1 is 1.08 bits per heavy atom. The van der Waals surface area contributed by atoms with Crippen molar-refractivity contribution >= 4 is 6.03 Å². The standard InChI is InChI=1S/C22H26N2O/c1-22(18-11-6-3-7-12-18)13-8-14-24(16-22)21(25)23-20-15-19(20)17-9-4-2-5-10-17/h2-7,9-12,19-20H,8,13-16H2,1H3,(H,23,25). The lowest BCUT2D eigenvalue weighted by Gasteiger charge is -2.41. The number of nitrogens with one attached hydrogen (secondary N) is 1. The van der Waals surface area contributed by atoms with E-state index in [2.05, 4.69) is 66.8 Å². The molecule has 1 aliphatic carbocycles. The molecule has 3 nitrogen and oxygen atoms in total. The summed E-state index contributed by atoms with van der Waals surface area (Å²) in [5.41, 5.74) is 2.72. The highest BCUT2D eigenvalue weighted by Gasteiger charge is 2.41. The van der Waals surface area contributed by atoms with Crippen LogP contribution < -0.4 is 5.32 Å². The first-order chi connectivity index (χ1) is 12.2. The van der Waals surface area contributed by atoms with Crippen molar-refractivity contribution in [3.63, 3.8) is 0 Å². The number of carbonyl (C=O) groups is 1. The minimum Gasteiger partial charge on any atom is -0.335 e. The average molecular weight is 334 g/mol. The van der Waals surface area contributed by atoms with Gasteiger partial charge < -0.3 is 10.2 Å². The molecule has 1 heterocycles. The molecule has 4 rings (SSSR count). The first-order valence-corrected chi connectivity index (χ1v) is 9.32. The number of carbonyl (C=O) groups excluding carboxylic acids is 1. The van der Waals surface area contributed by atoms with Crippen LogP contribution in [-0.4, -0.2) is 30.1 Å². The Bertz CT molecular complexity index is 730. The van der Waals surface area contributed by atoms with Crippen LogP contribution in [0, 0.1) is 0 Å². The fourth-order valence-electron chi connectivity index (χ4n) is 4.16. The average Bonchev–Trinajstić information content (AvgIpc) is 3.42. The van der Waals surface area contributed by atoms with Crippen LogP contribution in [0.1, 0.15) is 43.2 Å². The second-order valence-corrected chi connectivity index (χ2v) is 7.76. The molecular weight excluding hydrogens is 308 g/mol. The van der Waals surface area contributed by atoms with Crippen molar-refractivity contribution in [2.75, 3.05) is 13.1 Å². The maximum absolute atomic E-state index is 12.8. The van der Waals surface area contributed by atoms with Gasteiger partial charge in [0.05, 0.1) is 0 Å². The predicted molar refractivity (Wildman–Crippen MR) is 101 cm³/mol. The van der Waals surface area contributed by atoms with E-state index >= 15 is 0 Å². The van der Waals surface area contributed by atoms with E-state index in [9.17, 15) is 4.79 Å². The Hall–Kier alpha value is -2.29. The highest BCUT2D eigenvalue weighted by molar-refractivity contribution is 5.75. The summed E-state index contributed by atoms with van der Waals surface area (Å²) in [4.78, 5) is 14.8. The molecule has 2 amide bonds. The number of hydrogen-bond donors (Lipinski definition) is 1. The number of amides is 2. The molecule has 2 aromatic rings. The van der Waals surface area contributed by atoms with Crippen LogP contribution in [0.3, 0.4) is 0 Å². The van der Waals surface area contributed by atoms with Gasteiger partial charge >= 0.3 is 6.03 Å². The third kappa shape index (κ3) is 3.41. The molecule has 3 atom stereocenters. The largest absolute Gasteiger partial charge is 0.335 e. The number of urea groups is 1. The van der Waals surface area contributed by atoms with Crippen molar-refractivity contribution in [2.24, 2.45) is 0 Å². The molecule has 3 heteroatoms. The Labute approximate surface area is 150 Å². The van der Waals surface area contributed by atoms with Crippen molar-refractivity contribution in [3.05, 3.63) is 71.8 Å². The fourth-order valence-corrected chi connectivity index (χ4v) is 4.16. The van der Waals surface area contributed by atoms with Gasteiger partial charge in [-0.3, -0.25) is 0 Å². The lowest BCUT2D eigenvalue weighted by atomic mass is 9.76. The molecule has 1 saturated carbocycles. The second kappa shape index (κ2) is 6.55. The van der Waals surface area contributed by atoms with Gasteiger partial charge in [0, 0.05) is 30.5 Å². The Balaban J connectivity index is 1.38. The summed E-state index contributed by atoms with van der Waals surface area (Å²) >= 11 is 0. The van der Waals surface area contributed by atoms with Gasteiger partial charge in [0.15, 0.2) is 0 Å². The molecule has 3 unspecified atom stereocenters. The predicted octanol–water partition coefficient (Wildman–Crippen LogP) is 4.31. The minimum absolute atomic E-state index is 0.0548. The van der Waals surface area contributed by atoms with Gasteiger partial charge in [-0.25, -0.2) is 4.79 Å². The van der Waals surface area contributed by atoms with E-state index in [1.54, 1.807) is 0 Å². The molecule has 1 N–H and O–H groups in total. The summed E-state index contributed by atoms with van der Waals surface area (Å²) in [6.45, 7) is 3.94. The first-order valence-electron chi connectivity index (χ1n) is 9.32. The number of piperidine rings is 1. The van der Waals surface area contributed by atoms with E-state index in [1.807, 2.05) is 11.0 Å². The minimum atomic E-state index is 0.0548. The van der Waals surface area contributed by atoms with Crippen LogP contribution in [0.4, 0.5) is 4.79 Å². The van der Waals surface area contributed by atoms with Gasteiger partial charge in [0.2, 0.25) is 0 Å². The topological polar surface area (TPSA) is 32.3 Å². The first kappa shape index (κ1) is 16.2. The smallest absolute Gasteiger partial charge is 0.317 e. The van der Waals surface area contributed by atoms with Crippen LogP contribution in [0.25, 0.3) is 0 Å². The van der Waals surface area contributed by atoms with Gasteiger partial charge in [-0.15, -0.1) is 0 Å². The molecule has 0 spiro atoms. The van der Waals surface area contributed by atoms with Crippen LogP contribution >= 0.6 is 0 Å². The monoisotopic (exact) mass is 334 g/mol. The molecule has 25 heavy (non-hydrogen) atoms. The molecule has 1 saturated heterocycles. The van der Waals surface area contributed by atoms with Crippen LogP contribution in [0.15, 0.2) is 60.7 Å². The highest BCUT2D eigenvalue weighted by atomic mass is 16.2. The summed E-state index contributed by atoms with van der Waals surface area (Å²) in [5.74, 6) is 0.482. The van der Waals surface area contributed by atoms with Gasteiger partial charge in [-0.1, -0.05) is 67.6 Å². The molecule has 2 aromatic carbocycles. The number of likely N-dealkylation sites (tertiary alicyclic amines) is 1. The summed E-state index contributed by atoms with van der Waals surface area (Å²) in [5, 5.41) is 3.25. The Morgan fingerprint density at radius 2 is 1.76 bits per heavy atom. The van der Waals surface area contributed by atoms with Crippen LogP contribution in [0.5, 0.6) is 0 Å². The van der Waals surface area contributed by atoms with E-state index in [0.29, 0.717) is 12.0 Å². The molecule has 130 valence electrons. The van der Waals surface area contributed by atoms with Gasteiger partial charge in [0.25, 0.3) is 0 Å². The highest BCUT2D eigenvalue weighted by Crippen LogP contribution is 2.41. The molecule has 2 aliphatic rings. The van der Waals surface area contributed by atoms with Crippen LogP contribution in [0.2, 0.25) is 0 Å². The van der Waals surface area contributed by atoms with Crippen molar-refractivity contribution in [3.8, 4) is 0 Å². The third-order valence-corrected chi connectivity index (χ3v) is 5.78. The van der Waals surface area contributed by atoms with E-state index < -0.39 is 0 Å². The quantitative estimate of drug-likeness (QED) is 0.891. The van der Waals surface area contributed by atoms with E-state index in [1.165, 1.54) is 11.1 Å². The molecule has 1 aliphatic heterocycles. The number of nitrogens with zero attached hydrogens (tertiary/aromatic N) is 1. The summed E-state index contributed by atoms with van der Waals surface area (Å²) in [7, 11) is 0. The Kier molecular flexibility index (Phi) is 4.24. The Morgan fingerprint density at radius 3 is 2.48 bits per heavy atom. The lowest BCUT2D eigenvalue weighted by molar-refractivity contribution is 0.155. The molecule has 2 fully saturated rings. The van der Waals surface area contributed by atoms with Gasteiger partial charge in [-0.2, -0.15) is 0 Å².